The van der Waals surface area contributed by atoms with Crippen molar-refractivity contribution < 1.29 is 4.74 Å². The molecular formula is C62H58BN5O. The number of benzene rings is 6. The Labute approximate surface area is 407 Å². The zero-order valence-corrected chi connectivity index (χ0v) is 40.7. The van der Waals surface area contributed by atoms with Crippen molar-refractivity contribution in [2.75, 3.05) is 16.5 Å². The second kappa shape index (κ2) is 16.1. The fourth-order valence-corrected chi connectivity index (χ4v) is 11.1. The first-order valence-electron chi connectivity index (χ1n) is 24.5. The van der Waals surface area contributed by atoms with E-state index in [9.17, 15) is 0 Å². The number of allylic oxidation sites excluding steroid dienone is 4. The van der Waals surface area contributed by atoms with E-state index in [1.165, 1.54) is 57.2 Å². The number of hydrogen-bond donors (Lipinski definition) is 0. The molecule has 0 atom stereocenters. The van der Waals surface area contributed by atoms with E-state index >= 15 is 0 Å². The van der Waals surface area contributed by atoms with Crippen molar-refractivity contribution >= 4 is 56.9 Å². The van der Waals surface area contributed by atoms with Gasteiger partial charge in [0.15, 0.2) is 0 Å². The first-order chi connectivity index (χ1) is 33.3. The number of aromatic nitrogens is 2. The number of anilines is 3. The molecule has 0 spiro atoms. The van der Waals surface area contributed by atoms with Gasteiger partial charge in [0.1, 0.15) is 29.8 Å². The molecule has 6 nitrogen and oxygen atoms in total. The summed E-state index contributed by atoms with van der Waals surface area (Å²) in [5.41, 5.74) is 14.9. The third-order valence-corrected chi connectivity index (χ3v) is 15.1. The van der Waals surface area contributed by atoms with Gasteiger partial charge in [0.2, 0.25) is 0 Å². The Morgan fingerprint density at radius 1 is 0.594 bits per heavy atom. The third kappa shape index (κ3) is 7.38. The van der Waals surface area contributed by atoms with Gasteiger partial charge < -0.3 is 19.3 Å². The van der Waals surface area contributed by atoms with Crippen LogP contribution in [0.25, 0.3) is 38.8 Å². The van der Waals surface area contributed by atoms with Crippen molar-refractivity contribution in [3.05, 3.63) is 222 Å². The maximum absolute atomic E-state index is 6.82. The van der Waals surface area contributed by atoms with Gasteiger partial charge in [-0.1, -0.05) is 157 Å². The van der Waals surface area contributed by atoms with Gasteiger partial charge in [-0.25, -0.2) is 4.98 Å². The van der Waals surface area contributed by atoms with Gasteiger partial charge in [-0.15, -0.1) is 0 Å². The molecular weight excluding hydrogens is 842 g/mol. The predicted octanol–water partition coefficient (Wildman–Crippen LogP) is 15.5. The van der Waals surface area contributed by atoms with Gasteiger partial charge in [-0.3, -0.25) is 4.57 Å². The van der Waals surface area contributed by atoms with Crippen LogP contribution < -0.4 is 14.5 Å². The zero-order valence-electron chi connectivity index (χ0n) is 40.7. The number of ether oxygens (including phenoxy) is 1. The van der Waals surface area contributed by atoms with Crippen LogP contribution in [0.15, 0.2) is 194 Å². The lowest BCUT2D eigenvalue weighted by molar-refractivity contribution is 0.332. The third-order valence-electron chi connectivity index (χ3n) is 15.1. The highest BCUT2D eigenvalue weighted by Gasteiger charge is 2.39. The Morgan fingerprint density at radius 2 is 1.30 bits per heavy atom. The van der Waals surface area contributed by atoms with Crippen LogP contribution in [0, 0.1) is 0 Å². The Bertz CT molecular complexity index is 3480. The van der Waals surface area contributed by atoms with Crippen LogP contribution in [-0.2, 0) is 16.2 Å². The molecule has 2 aromatic heterocycles. The molecule has 0 fully saturated rings. The maximum atomic E-state index is 6.82. The molecule has 69 heavy (non-hydrogen) atoms. The number of fused-ring (bicyclic) bond motifs is 6. The Kier molecular flexibility index (Phi) is 9.96. The molecule has 0 bridgehead atoms. The van der Waals surface area contributed by atoms with Crippen molar-refractivity contribution in [1.29, 1.82) is 0 Å². The topological polar surface area (TPSA) is 36.8 Å². The van der Waals surface area contributed by atoms with Crippen molar-refractivity contribution in [3.8, 4) is 17.3 Å². The molecule has 0 unspecified atom stereocenters. The van der Waals surface area contributed by atoms with E-state index in [1.807, 2.05) is 6.20 Å². The SMILES string of the molecule is CC(C)(C)c1ccnc(-n2c3ccccc3c3ccc(Oc4cccc(N5CN(C6=C(c7ccccc7)C=CB7C=CC(c8ccc9c(c8)C(C)(C)CCC9(C)C)=CN76)c6ccccc65)c4)cc32)c1. The van der Waals surface area contributed by atoms with Crippen molar-refractivity contribution in [2.24, 2.45) is 0 Å². The summed E-state index contributed by atoms with van der Waals surface area (Å²) in [6.45, 7) is 17.1. The normalized spacial score (nSPS) is 17.1. The predicted molar refractivity (Wildman–Crippen MR) is 289 cm³/mol. The molecule has 4 aliphatic rings. The van der Waals surface area contributed by atoms with Crippen LogP contribution in [0.4, 0.5) is 17.1 Å². The van der Waals surface area contributed by atoms with E-state index in [0.29, 0.717) is 6.67 Å². The minimum atomic E-state index is -0.0110. The summed E-state index contributed by atoms with van der Waals surface area (Å²) < 4.78 is 9.10. The summed E-state index contributed by atoms with van der Waals surface area (Å²) in [7, 11) is 0. The maximum Gasteiger partial charge on any atom is 0.314 e. The summed E-state index contributed by atoms with van der Waals surface area (Å²) in [5.74, 6) is 8.29. The fourth-order valence-electron chi connectivity index (χ4n) is 11.1. The second-order valence-corrected chi connectivity index (χ2v) is 21.6. The standard InChI is InChI=1S/C62H58BN5O/c1-60(2,3)45-30-35-64-58(37-45)68-54-21-12-11-20-50(54)51-26-25-48(39-57(51)68)69-47-19-15-18-46(38-47)65-41-66(56-23-14-13-22-55(56)65)59-49(42-16-9-8-10-17-42)29-34-63-33-28-44(40-67(59)63)43-24-27-52-53(36-43)62(6,7)32-31-61(52,4)5/h8-30,33-40H,31-32,41H2,1-7H3. The van der Waals surface area contributed by atoms with Gasteiger partial charge in [-0.2, -0.15) is 0 Å². The molecule has 0 amide bonds. The number of nitrogens with zero attached hydrogens (tertiary/aromatic N) is 5. The number of pyridine rings is 1. The van der Waals surface area contributed by atoms with Gasteiger partial charge in [-0.05, 0) is 117 Å². The van der Waals surface area contributed by atoms with E-state index in [1.54, 1.807) is 0 Å². The molecule has 6 aromatic carbocycles. The quantitative estimate of drug-likeness (QED) is 0.149. The van der Waals surface area contributed by atoms with Crippen LogP contribution in [0.5, 0.6) is 11.5 Å². The summed E-state index contributed by atoms with van der Waals surface area (Å²) in [4.78, 5) is 12.3. The average Bonchev–Trinajstić information content (AvgIpc) is 3.91. The minimum Gasteiger partial charge on any atom is -0.457 e. The monoisotopic (exact) mass is 899 g/mol. The lowest BCUT2D eigenvalue weighted by Crippen LogP contribution is -2.44. The highest BCUT2D eigenvalue weighted by atomic mass is 16.5. The largest absolute Gasteiger partial charge is 0.457 e. The van der Waals surface area contributed by atoms with E-state index in [-0.39, 0.29) is 23.1 Å². The molecule has 1 aliphatic carbocycles. The average molecular weight is 900 g/mol. The molecule has 12 rings (SSSR count). The summed E-state index contributed by atoms with van der Waals surface area (Å²) in [5, 5.41) is 2.35. The summed E-state index contributed by atoms with van der Waals surface area (Å²) >= 11 is 0. The summed E-state index contributed by atoms with van der Waals surface area (Å²) in [6, 6.07) is 54.8. The first kappa shape index (κ1) is 42.8. The number of hydrogen-bond acceptors (Lipinski definition) is 5. The Morgan fingerprint density at radius 3 is 2.12 bits per heavy atom. The zero-order chi connectivity index (χ0) is 47.2. The lowest BCUT2D eigenvalue weighted by atomic mass is 9.56. The molecule has 5 heterocycles. The van der Waals surface area contributed by atoms with Crippen molar-refractivity contribution in [3.63, 3.8) is 0 Å². The van der Waals surface area contributed by atoms with E-state index in [2.05, 4.69) is 250 Å². The van der Waals surface area contributed by atoms with E-state index in [0.717, 1.165) is 56.6 Å². The summed E-state index contributed by atoms with van der Waals surface area (Å²) in [6.07, 6.45) is 11.4. The van der Waals surface area contributed by atoms with Crippen LogP contribution in [-0.4, -0.2) is 27.9 Å². The molecule has 8 aromatic rings. The smallest absolute Gasteiger partial charge is 0.314 e. The molecule has 0 saturated carbocycles. The van der Waals surface area contributed by atoms with Crippen LogP contribution in [0.3, 0.4) is 0 Å². The van der Waals surface area contributed by atoms with E-state index < -0.39 is 0 Å². The van der Waals surface area contributed by atoms with Crippen LogP contribution >= 0.6 is 0 Å². The molecule has 0 N–H and O–H groups in total. The van der Waals surface area contributed by atoms with Gasteiger partial charge in [0, 0.05) is 46.6 Å². The lowest BCUT2D eigenvalue weighted by Gasteiger charge is -2.42. The second-order valence-electron chi connectivity index (χ2n) is 21.6. The van der Waals surface area contributed by atoms with Gasteiger partial charge in [0.05, 0.1) is 22.4 Å². The first-order valence-corrected chi connectivity index (χ1v) is 24.5. The Balaban J connectivity index is 0.910. The highest BCUT2D eigenvalue weighted by molar-refractivity contribution is 6.68. The number of para-hydroxylation sites is 3. The van der Waals surface area contributed by atoms with Crippen molar-refractivity contribution in [1.82, 2.24) is 14.4 Å². The molecule has 340 valence electrons. The number of rotatable bonds is 7. The van der Waals surface area contributed by atoms with Crippen LogP contribution in [0.1, 0.15) is 89.1 Å². The minimum absolute atomic E-state index is 0.0110. The molecule has 0 radical (unpaired) electrons. The molecule has 7 heteroatoms. The van der Waals surface area contributed by atoms with Gasteiger partial charge in [0.25, 0.3) is 0 Å². The van der Waals surface area contributed by atoms with Crippen molar-refractivity contribution in [2.45, 2.75) is 77.6 Å². The Hall–Kier alpha value is -7.51. The van der Waals surface area contributed by atoms with Crippen LogP contribution in [0.2, 0.25) is 0 Å². The highest BCUT2D eigenvalue weighted by Crippen LogP contribution is 2.49. The van der Waals surface area contributed by atoms with E-state index in [4.69, 9.17) is 9.72 Å². The molecule has 3 aliphatic heterocycles. The fraction of sp³-hybridized carbons (Fsp3) is 0.210. The molecule has 0 saturated heterocycles. The van der Waals surface area contributed by atoms with Gasteiger partial charge >= 0.3 is 6.85 Å².